The van der Waals surface area contributed by atoms with Gasteiger partial charge in [-0.1, -0.05) is 52.8 Å². The number of hydrogen-bond donors (Lipinski definition) is 3. The Bertz CT molecular complexity index is 950. The van der Waals surface area contributed by atoms with Crippen molar-refractivity contribution in [2.45, 2.75) is 46.1 Å². The van der Waals surface area contributed by atoms with Crippen molar-refractivity contribution in [3.63, 3.8) is 0 Å². The monoisotopic (exact) mass is 405 g/mol. The van der Waals surface area contributed by atoms with Gasteiger partial charge in [0.25, 0.3) is 0 Å². The van der Waals surface area contributed by atoms with Crippen molar-refractivity contribution in [2.24, 2.45) is 5.92 Å². The van der Waals surface area contributed by atoms with Gasteiger partial charge in [0.1, 0.15) is 5.82 Å². The first-order valence-electron chi connectivity index (χ1n) is 10.3. The second-order valence-electron chi connectivity index (χ2n) is 8.81. The standard InChI is InChI=1S/C24H31N5O/c1-16(2)21(15-30)28-23-27-20(19-8-6-7-13-25-19)14-22(29-23)26-18-11-9-17(10-12-18)24(3,4)5/h6-14,16,21,30H,15H2,1-5H3,(H2,26,27,28,29)/t21-/m0/s1. The van der Waals surface area contributed by atoms with E-state index >= 15 is 0 Å². The zero-order valence-corrected chi connectivity index (χ0v) is 18.3. The van der Waals surface area contributed by atoms with E-state index in [9.17, 15) is 5.11 Å². The first-order chi connectivity index (χ1) is 14.3. The lowest BCUT2D eigenvalue weighted by molar-refractivity contribution is 0.248. The first-order valence-corrected chi connectivity index (χ1v) is 10.3. The van der Waals surface area contributed by atoms with Gasteiger partial charge in [-0.25, -0.2) is 4.98 Å². The highest BCUT2D eigenvalue weighted by Crippen LogP contribution is 2.26. The highest BCUT2D eigenvalue weighted by molar-refractivity contribution is 5.65. The molecule has 6 heteroatoms. The number of pyridine rings is 1. The largest absolute Gasteiger partial charge is 0.394 e. The fraction of sp³-hybridized carbons (Fsp3) is 0.375. The molecular formula is C24H31N5O. The molecule has 3 aromatic rings. The predicted octanol–water partition coefficient (Wildman–Crippen LogP) is 5.01. The fourth-order valence-corrected chi connectivity index (χ4v) is 3.01. The average molecular weight is 406 g/mol. The molecule has 0 aliphatic rings. The summed E-state index contributed by atoms with van der Waals surface area (Å²) < 4.78 is 0. The van der Waals surface area contributed by atoms with Crippen molar-refractivity contribution in [2.75, 3.05) is 17.2 Å². The highest BCUT2D eigenvalue weighted by Gasteiger charge is 2.16. The van der Waals surface area contributed by atoms with Crippen molar-refractivity contribution in [3.05, 3.63) is 60.3 Å². The van der Waals surface area contributed by atoms with Crippen LogP contribution >= 0.6 is 0 Å². The number of benzene rings is 1. The minimum atomic E-state index is -0.136. The Morgan fingerprint density at radius 3 is 2.27 bits per heavy atom. The molecule has 158 valence electrons. The second-order valence-corrected chi connectivity index (χ2v) is 8.81. The molecule has 0 aliphatic carbocycles. The van der Waals surface area contributed by atoms with Crippen LogP contribution in [0.4, 0.5) is 17.5 Å². The number of nitrogens with zero attached hydrogens (tertiary/aromatic N) is 3. The number of rotatable bonds is 7. The van der Waals surface area contributed by atoms with E-state index < -0.39 is 0 Å². The summed E-state index contributed by atoms with van der Waals surface area (Å²) in [6, 6.07) is 15.8. The Balaban J connectivity index is 1.93. The van der Waals surface area contributed by atoms with E-state index in [-0.39, 0.29) is 24.0 Å². The Kier molecular flexibility index (Phi) is 6.67. The maximum absolute atomic E-state index is 9.69. The normalized spacial score (nSPS) is 12.6. The molecule has 6 nitrogen and oxygen atoms in total. The fourth-order valence-electron chi connectivity index (χ4n) is 3.01. The van der Waals surface area contributed by atoms with Gasteiger partial charge in [-0.2, -0.15) is 4.98 Å². The molecule has 2 heterocycles. The van der Waals surface area contributed by atoms with E-state index in [1.165, 1.54) is 5.56 Å². The molecule has 30 heavy (non-hydrogen) atoms. The molecule has 0 aliphatic heterocycles. The first kappa shape index (κ1) is 21.7. The predicted molar refractivity (Wildman–Crippen MR) is 123 cm³/mol. The summed E-state index contributed by atoms with van der Waals surface area (Å²) in [5, 5.41) is 16.3. The minimum Gasteiger partial charge on any atom is -0.394 e. The van der Waals surface area contributed by atoms with Crippen molar-refractivity contribution in [1.82, 2.24) is 15.0 Å². The smallest absolute Gasteiger partial charge is 0.225 e. The van der Waals surface area contributed by atoms with Crippen LogP contribution in [0.25, 0.3) is 11.4 Å². The summed E-state index contributed by atoms with van der Waals surface area (Å²) in [7, 11) is 0. The van der Waals surface area contributed by atoms with Gasteiger partial charge in [-0.3, -0.25) is 4.98 Å². The van der Waals surface area contributed by atoms with E-state index in [1.54, 1.807) is 6.20 Å². The minimum absolute atomic E-state index is 0.00582. The number of anilines is 3. The van der Waals surface area contributed by atoms with Gasteiger partial charge in [0.2, 0.25) is 5.95 Å². The molecule has 1 aromatic carbocycles. The SMILES string of the molecule is CC(C)[C@H](CO)Nc1nc(Nc2ccc(C(C)(C)C)cc2)cc(-c2ccccn2)n1. The van der Waals surface area contributed by atoms with Crippen LogP contribution in [0.15, 0.2) is 54.7 Å². The van der Waals surface area contributed by atoms with Gasteiger partial charge in [-0.05, 0) is 41.2 Å². The van der Waals surface area contributed by atoms with E-state index in [2.05, 4.69) is 70.6 Å². The molecule has 2 aromatic heterocycles. The van der Waals surface area contributed by atoms with Crippen LogP contribution in [0.3, 0.4) is 0 Å². The third kappa shape index (κ3) is 5.54. The zero-order valence-electron chi connectivity index (χ0n) is 18.3. The topological polar surface area (TPSA) is 83.0 Å². The maximum atomic E-state index is 9.69. The van der Waals surface area contributed by atoms with Gasteiger partial charge in [0.15, 0.2) is 0 Å². The maximum Gasteiger partial charge on any atom is 0.225 e. The average Bonchev–Trinajstić information content (AvgIpc) is 2.72. The Morgan fingerprint density at radius 2 is 1.70 bits per heavy atom. The van der Waals surface area contributed by atoms with Crippen molar-refractivity contribution >= 4 is 17.5 Å². The summed E-state index contributed by atoms with van der Waals surface area (Å²) in [6.45, 7) is 10.7. The Hall–Kier alpha value is -2.99. The highest BCUT2D eigenvalue weighted by atomic mass is 16.3. The van der Waals surface area contributed by atoms with Gasteiger partial charge in [0, 0.05) is 18.0 Å². The molecule has 0 spiro atoms. The second kappa shape index (κ2) is 9.22. The van der Waals surface area contributed by atoms with Crippen molar-refractivity contribution < 1.29 is 5.11 Å². The van der Waals surface area contributed by atoms with Crippen molar-refractivity contribution in [3.8, 4) is 11.4 Å². The van der Waals surface area contributed by atoms with E-state index in [0.717, 1.165) is 11.4 Å². The Labute approximate surface area is 178 Å². The van der Waals surface area contributed by atoms with Crippen LogP contribution in [0.5, 0.6) is 0 Å². The third-order valence-corrected chi connectivity index (χ3v) is 4.99. The molecule has 0 unspecified atom stereocenters. The van der Waals surface area contributed by atoms with Crippen molar-refractivity contribution in [1.29, 1.82) is 0 Å². The van der Waals surface area contributed by atoms with Crippen LogP contribution in [0.2, 0.25) is 0 Å². The summed E-state index contributed by atoms with van der Waals surface area (Å²) in [6.07, 6.45) is 1.74. The Morgan fingerprint density at radius 1 is 0.967 bits per heavy atom. The lowest BCUT2D eigenvalue weighted by Crippen LogP contribution is -2.30. The molecule has 3 rings (SSSR count). The van der Waals surface area contributed by atoms with Gasteiger partial charge in [0.05, 0.1) is 24.0 Å². The molecule has 0 saturated carbocycles. The van der Waals surface area contributed by atoms with Crippen LogP contribution in [0, 0.1) is 5.92 Å². The number of aliphatic hydroxyl groups is 1. The van der Waals surface area contributed by atoms with Crippen LogP contribution in [-0.4, -0.2) is 32.7 Å². The number of aliphatic hydroxyl groups excluding tert-OH is 1. The molecular weight excluding hydrogens is 374 g/mol. The zero-order chi connectivity index (χ0) is 21.7. The number of nitrogens with one attached hydrogen (secondary N) is 2. The summed E-state index contributed by atoms with van der Waals surface area (Å²) in [5.74, 6) is 1.36. The van der Waals surface area contributed by atoms with Gasteiger partial charge in [-0.15, -0.1) is 0 Å². The lowest BCUT2D eigenvalue weighted by atomic mass is 9.87. The van der Waals surface area contributed by atoms with Crippen LogP contribution < -0.4 is 10.6 Å². The lowest BCUT2D eigenvalue weighted by Gasteiger charge is -2.21. The third-order valence-electron chi connectivity index (χ3n) is 4.99. The van der Waals surface area contributed by atoms with E-state index in [4.69, 9.17) is 0 Å². The molecule has 1 atom stereocenters. The molecule has 0 fully saturated rings. The molecule has 0 bridgehead atoms. The van der Waals surface area contributed by atoms with E-state index in [1.807, 2.05) is 38.1 Å². The van der Waals surface area contributed by atoms with Crippen LogP contribution in [0.1, 0.15) is 40.2 Å². The number of aromatic nitrogens is 3. The van der Waals surface area contributed by atoms with Crippen LogP contribution in [-0.2, 0) is 5.41 Å². The quantitative estimate of drug-likeness (QED) is 0.513. The molecule has 0 amide bonds. The van der Waals surface area contributed by atoms with E-state index in [0.29, 0.717) is 17.5 Å². The number of hydrogen-bond acceptors (Lipinski definition) is 6. The molecule has 0 saturated heterocycles. The van der Waals surface area contributed by atoms with Gasteiger partial charge < -0.3 is 15.7 Å². The van der Waals surface area contributed by atoms with Gasteiger partial charge >= 0.3 is 0 Å². The summed E-state index contributed by atoms with van der Waals surface area (Å²) in [5.41, 5.74) is 3.80. The molecule has 0 radical (unpaired) electrons. The molecule has 3 N–H and O–H groups in total. The summed E-state index contributed by atoms with van der Waals surface area (Å²) in [4.78, 5) is 13.7. The summed E-state index contributed by atoms with van der Waals surface area (Å²) >= 11 is 0.